The highest BCUT2D eigenvalue weighted by Crippen LogP contribution is 2.50. The van der Waals surface area contributed by atoms with Gasteiger partial charge in [0.2, 0.25) is 11.8 Å². The van der Waals surface area contributed by atoms with Gasteiger partial charge in [-0.1, -0.05) is 30.3 Å². The van der Waals surface area contributed by atoms with E-state index < -0.39 is 52.0 Å². The SMILES string of the molecule is COC(=O)C=C(C)NC(C(=O)NC1C(=O)N2C1SC(C)(C)C2C(=O)O)c1ccccc1. The van der Waals surface area contributed by atoms with Crippen LogP contribution in [0.1, 0.15) is 32.4 Å². The van der Waals surface area contributed by atoms with Crippen molar-refractivity contribution in [3.63, 3.8) is 0 Å². The number of methoxy groups -OCH3 is 1. The molecule has 0 radical (unpaired) electrons. The molecule has 2 aliphatic rings. The number of rotatable bonds is 7. The molecule has 0 spiro atoms. The average Bonchev–Trinajstić information content (AvgIpc) is 2.98. The Hall–Kier alpha value is -3.01. The molecular weight excluding hydrogens is 422 g/mol. The molecule has 3 rings (SSSR count). The molecule has 3 N–H and O–H groups in total. The fourth-order valence-electron chi connectivity index (χ4n) is 3.83. The van der Waals surface area contributed by atoms with Gasteiger partial charge in [-0.3, -0.25) is 9.59 Å². The first-order valence-electron chi connectivity index (χ1n) is 9.67. The number of ether oxygens (including phenoxy) is 1. The maximum Gasteiger partial charge on any atom is 0.332 e. The van der Waals surface area contributed by atoms with Crippen molar-refractivity contribution < 1.29 is 29.0 Å². The molecule has 2 amide bonds. The van der Waals surface area contributed by atoms with Crippen LogP contribution in [0.3, 0.4) is 0 Å². The van der Waals surface area contributed by atoms with Crippen LogP contribution in [-0.4, -0.2) is 63.1 Å². The summed E-state index contributed by atoms with van der Waals surface area (Å²) in [6, 6.07) is 6.25. The molecule has 166 valence electrons. The number of allylic oxidation sites excluding steroid dienone is 1. The Labute approximate surface area is 184 Å². The lowest BCUT2D eigenvalue weighted by molar-refractivity contribution is -0.161. The van der Waals surface area contributed by atoms with Crippen LogP contribution in [0.5, 0.6) is 0 Å². The Morgan fingerprint density at radius 1 is 1.26 bits per heavy atom. The lowest BCUT2D eigenvalue weighted by atomic mass is 9.95. The van der Waals surface area contributed by atoms with Gasteiger partial charge in [-0.2, -0.15) is 0 Å². The highest BCUT2D eigenvalue weighted by molar-refractivity contribution is 8.01. The van der Waals surface area contributed by atoms with Crippen LogP contribution in [0, 0.1) is 0 Å². The Balaban J connectivity index is 1.79. The average molecular weight is 448 g/mol. The zero-order chi connectivity index (χ0) is 22.9. The van der Waals surface area contributed by atoms with Crippen LogP contribution in [0.25, 0.3) is 0 Å². The molecule has 2 aliphatic heterocycles. The lowest BCUT2D eigenvalue weighted by Crippen LogP contribution is -2.71. The second-order valence-electron chi connectivity index (χ2n) is 7.92. The van der Waals surface area contributed by atoms with E-state index in [4.69, 9.17) is 0 Å². The van der Waals surface area contributed by atoms with Crippen LogP contribution in [0.2, 0.25) is 0 Å². The topological polar surface area (TPSA) is 125 Å². The summed E-state index contributed by atoms with van der Waals surface area (Å²) in [5.41, 5.74) is 1.06. The number of aliphatic carboxylic acids is 1. The van der Waals surface area contributed by atoms with Crippen molar-refractivity contribution in [2.75, 3.05) is 7.11 Å². The van der Waals surface area contributed by atoms with E-state index in [0.29, 0.717) is 11.3 Å². The number of hydrogen-bond acceptors (Lipinski definition) is 7. The number of nitrogens with one attached hydrogen (secondary N) is 2. The fourth-order valence-corrected chi connectivity index (χ4v) is 5.46. The molecule has 9 nitrogen and oxygen atoms in total. The van der Waals surface area contributed by atoms with Crippen molar-refractivity contribution in [3.05, 3.63) is 47.7 Å². The van der Waals surface area contributed by atoms with Gasteiger partial charge in [0.15, 0.2) is 0 Å². The number of fused-ring (bicyclic) bond motifs is 1. The molecule has 2 saturated heterocycles. The summed E-state index contributed by atoms with van der Waals surface area (Å²) in [5.74, 6) is -2.51. The molecule has 0 aliphatic carbocycles. The monoisotopic (exact) mass is 447 g/mol. The van der Waals surface area contributed by atoms with E-state index in [1.807, 2.05) is 6.07 Å². The van der Waals surface area contributed by atoms with Crippen molar-refractivity contribution in [2.45, 2.75) is 49.0 Å². The van der Waals surface area contributed by atoms with Gasteiger partial charge in [0.25, 0.3) is 0 Å². The highest BCUT2D eigenvalue weighted by atomic mass is 32.2. The third-order valence-corrected chi connectivity index (χ3v) is 6.85. The maximum atomic E-state index is 13.1. The first-order chi connectivity index (χ1) is 14.6. The largest absolute Gasteiger partial charge is 0.480 e. The number of carboxylic acid groups (broad SMARTS) is 1. The summed E-state index contributed by atoms with van der Waals surface area (Å²) >= 11 is 1.36. The second-order valence-corrected chi connectivity index (χ2v) is 9.69. The number of esters is 1. The minimum Gasteiger partial charge on any atom is -0.480 e. The van der Waals surface area contributed by atoms with E-state index in [1.165, 1.54) is 29.8 Å². The summed E-state index contributed by atoms with van der Waals surface area (Å²) in [5, 5.41) is 14.8. The zero-order valence-corrected chi connectivity index (χ0v) is 18.4. The number of β-lactam (4-membered cyclic amide) rings is 1. The zero-order valence-electron chi connectivity index (χ0n) is 17.6. The first kappa shape index (κ1) is 22.7. The standard InChI is InChI=1S/C21H25N3O6S/c1-11(10-13(25)30-4)22-14(12-8-6-5-7-9-12)17(26)23-15-18(27)24-16(20(28)29)21(2,3)31-19(15)24/h5-10,14-16,19,22H,1-4H3,(H,23,26)(H,28,29). The second kappa shape index (κ2) is 8.62. The maximum absolute atomic E-state index is 13.1. The predicted octanol–water partition coefficient (Wildman–Crippen LogP) is 1.03. The van der Waals surface area contributed by atoms with E-state index in [2.05, 4.69) is 15.4 Å². The summed E-state index contributed by atoms with van der Waals surface area (Å²) in [4.78, 5) is 50.3. The Morgan fingerprint density at radius 3 is 2.48 bits per heavy atom. The molecule has 1 aromatic carbocycles. The molecule has 2 heterocycles. The van der Waals surface area contributed by atoms with Gasteiger partial charge in [-0.25, -0.2) is 9.59 Å². The van der Waals surface area contributed by atoms with Gasteiger partial charge in [0.1, 0.15) is 23.5 Å². The highest BCUT2D eigenvalue weighted by Gasteiger charge is 2.64. The molecule has 0 saturated carbocycles. The number of carboxylic acids is 1. The molecule has 0 bridgehead atoms. The third kappa shape index (κ3) is 4.39. The number of benzene rings is 1. The molecule has 0 aromatic heterocycles. The normalized spacial score (nSPS) is 25.2. The smallest absolute Gasteiger partial charge is 0.332 e. The Morgan fingerprint density at radius 2 is 1.90 bits per heavy atom. The molecule has 4 unspecified atom stereocenters. The molecule has 4 atom stereocenters. The molecule has 10 heteroatoms. The number of nitrogens with zero attached hydrogens (tertiary/aromatic N) is 1. The van der Waals surface area contributed by atoms with Crippen molar-refractivity contribution in [3.8, 4) is 0 Å². The van der Waals surface area contributed by atoms with E-state index in [1.54, 1.807) is 45.0 Å². The molecule has 2 fully saturated rings. The van der Waals surface area contributed by atoms with Crippen molar-refractivity contribution in [2.24, 2.45) is 0 Å². The van der Waals surface area contributed by atoms with E-state index in [-0.39, 0.29) is 0 Å². The van der Waals surface area contributed by atoms with Crippen molar-refractivity contribution in [1.29, 1.82) is 0 Å². The first-order valence-corrected chi connectivity index (χ1v) is 10.6. The molecular formula is C21H25N3O6S. The minimum atomic E-state index is -1.06. The third-order valence-electron chi connectivity index (χ3n) is 5.28. The lowest BCUT2D eigenvalue weighted by Gasteiger charge is -2.44. The summed E-state index contributed by atoms with van der Waals surface area (Å²) in [7, 11) is 1.26. The van der Waals surface area contributed by atoms with Crippen LogP contribution < -0.4 is 10.6 Å². The van der Waals surface area contributed by atoms with Gasteiger partial charge in [-0.15, -0.1) is 11.8 Å². The van der Waals surface area contributed by atoms with Crippen LogP contribution in [0.15, 0.2) is 42.1 Å². The van der Waals surface area contributed by atoms with Gasteiger partial charge in [0.05, 0.1) is 7.11 Å². The van der Waals surface area contributed by atoms with Crippen LogP contribution in [-0.2, 0) is 23.9 Å². The quantitative estimate of drug-likeness (QED) is 0.322. The molecule has 31 heavy (non-hydrogen) atoms. The summed E-state index contributed by atoms with van der Waals surface area (Å²) < 4.78 is 3.94. The van der Waals surface area contributed by atoms with Gasteiger partial charge in [-0.05, 0) is 26.3 Å². The van der Waals surface area contributed by atoms with Gasteiger partial charge in [0, 0.05) is 16.5 Å². The van der Waals surface area contributed by atoms with Crippen LogP contribution >= 0.6 is 11.8 Å². The summed E-state index contributed by atoms with van der Waals surface area (Å²) in [6.07, 6.45) is 1.23. The number of carbonyl (C=O) groups is 4. The Kier molecular flexibility index (Phi) is 6.30. The number of carbonyl (C=O) groups excluding carboxylic acids is 3. The van der Waals surface area contributed by atoms with E-state index >= 15 is 0 Å². The number of hydrogen-bond donors (Lipinski definition) is 3. The summed E-state index contributed by atoms with van der Waals surface area (Å²) in [6.45, 7) is 5.18. The van der Waals surface area contributed by atoms with Crippen LogP contribution in [0.4, 0.5) is 0 Å². The van der Waals surface area contributed by atoms with E-state index in [0.717, 1.165) is 0 Å². The van der Waals surface area contributed by atoms with Gasteiger partial charge >= 0.3 is 11.9 Å². The van der Waals surface area contributed by atoms with E-state index in [9.17, 15) is 24.3 Å². The number of thioether (sulfide) groups is 1. The van der Waals surface area contributed by atoms with Crippen molar-refractivity contribution >= 4 is 35.5 Å². The van der Waals surface area contributed by atoms with Gasteiger partial charge < -0.3 is 25.4 Å². The Bertz CT molecular complexity index is 932. The fraction of sp³-hybridized carbons (Fsp3) is 0.429. The molecule has 1 aromatic rings. The predicted molar refractivity (Wildman–Crippen MR) is 114 cm³/mol. The number of amides is 2. The minimum absolute atomic E-state index is 0.416. The van der Waals surface area contributed by atoms with Crippen molar-refractivity contribution in [1.82, 2.24) is 15.5 Å².